The lowest BCUT2D eigenvalue weighted by Gasteiger charge is -2.23. The second-order valence-electron chi connectivity index (χ2n) is 4.66. The summed E-state index contributed by atoms with van der Waals surface area (Å²) in [6.07, 6.45) is 0. The van der Waals surface area contributed by atoms with Gasteiger partial charge in [0.25, 0.3) is 0 Å². The predicted molar refractivity (Wildman–Crippen MR) is 69.3 cm³/mol. The van der Waals surface area contributed by atoms with Gasteiger partial charge in [-0.3, -0.25) is 14.5 Å². The van der Waals surface area contributed by atoms with Crippen LogP contribution in [0.2, 0.25) is 0 Å². The fraction of sp³-hybridized carbons (Fsp3) is 0.385. The number of halogens is 3. The van der Waals surface area contributed by atoms with Crippen LogP contribution < -0.4 is 5.32 Å². The highest BCUT2D eigenvalue weighted by Gasteiger charge is 2.19. The van der Waals surface area contributed by atoms with E-state index in [2.05, 4.69) is 5.32 Å². The zero-order chi connectivity index (χ0) is 16.2. The smallest absolute Gasteiger partial charge is 0.317 e. The van der Waals surface area contributed by atoms with Crippen molar-refractivity contribution in [3.63, 3.8) is 0 Å². The van der Waals surface area contributed by atoms with E-state index in [1.807, 2.05) is 0 Å². The number of hydrogen-bond acceptors (Lipinski definition) is 3. The number of aliphatic carboxylic acids is 1. The van der Waals surface area contributed by atoms with Crippen molar-refractivity contribution in [2.24, 2.45) is 0 Å². The summed E-state index contributed by atoms with van der Waals surface area (Å²) in [5, 5.41) is 10.8. The summed E-state index contributed by atoms with van der Waals surface area (Å²) in [7, 11) is 0. The van der Waals surface area contributed by atoms with Gasteiger partial charge < -0.3 is 10.4 Å². The standard InChI is InChI=1S/C13H15F3N2O3/c1-7(2)18(6-11(20)21)5-10(19)17-9-4-3-8(14)12(15)13(9)16/h3-4,7H,5-6H2,1-2H3,(H,17,19)(H,20,21). The van der Waals surface area contributed by atoms with Crippen LogP contribution in [0.1, 0.15) is 13.8 Å². The third kappa shape index (κ3) is 4.75. The van der Waals surface area contributed by atoms with E-state index >= 15 is 0 Å². The molecule has 0 atom stereocenters. The summed E-state index contributed by atoms with van der Waals surface area (Å²) in [6, 6.07) is 1.34. The molecule has 8 heteroatoms. The molecule has 0 aliphatic carbocycles. The number of carbonyl (C=O) groups is 2. The largest absolute Gasteiger partial charge is 0.480 e. The highest BCUT2D eigenvalue weighted by Crippen LogP contribution is 2.19. The third-order valence-electron chi connectivity index (χ3n) is 2.72. The van der Waals surface area contributed by atoms with Crippen molar-refractivity contribution in [2.75, 3.05) is 18.4 Å². The van der Waals surface area contributed by atoms with Crippen LogP contribution in [-0.2, 0) is 9.59 Å². The van der Waals surface area contributed by atoms with E-state index in [1.165, 1.54) is 4.90 Å². The Kier molecular flexibility index (Phi) is 5.71. The Bertz CT molecular complexity index is 550. The summed E-state index contributed by atoms with van der Waals surface area (Å²) in [5.41, 5.74) is -0.502. The molecular formula is C13H15F3N2O3. The molecular weight excluding hydrogens is 289 g/mol. The highest BCUT2D eigenvalue weighted by atomic mass is 19.2. The van der Waals surface area contributed by atoms with Gasteiger partial charge in [-0.05, 0) is 26.0 Å². The lowest BCUT2D eigenvalue weighted by molar-refractivity contribution is -0.139. The molecule has 0 bridgehead atoms. The van der Waals surface area contributed by atoms with Crippen molar-refractivity contribution >= 4 is 17.6 Å². The molecule has 1 amide bonds. The fourth-order valence-corrected chi connectivity index (χ4v) is 1.59. The van der Waals surface area contributed by atoms with Gasteiger partial charge in [0, 0.05) is 6.04 Å². The second-order valence-corrected chi connectivity index (χ2v) is 4.66. The van der Waals surface area contributed by atoms with E-state index < -0.39 is 35.0 Å². The van der Waals surface area contributed by atoms with E-state index in [0.717, 1.165) is 6.07 Å². The molecule has 0 spiro atoms. The van der Waals surface area contributed by atoms with Crippen LogP contribution in [0.25, 0.3) is 0 Å². The number of amides is 1. The lowest BCUT2D eigenvalue weighted by atomic mass is 10.2. The Hall–Kier alpha value is -2.09. The Balaban J connectivity index is 2.77. The fourth-order valence-electron chi connectivity index (χ4n) is 1.59. The Morgan fingerprint density at radius 1 is 1.19 bits per heavy atom. The van der Waals surface area contributed by atoms with Crippen molar-refractivity contribution in [3.05, 3.63) is 29.6 Å². The quantitative estimate of drug-likeness (QED) is 0.787. The van der Waals surface area contributed by atoms with Crippen molar-refractivity contribution < 1.29 is 27.9 Å². The number of anilines is 1. The van der Waals surface area contributed by atoms with Gasteiger partial charge in [-0.1, -0.05) is 0 Å². The molecule has 1 rings (SSSR count). The van der Waals surface area contributed by atoms with Gasteiger partial charge in [0.2, 0.25) is 5.91 Å². The lowest BCUT2D eigenvalue weighted by Crippen LogP contribution is -2.41. The van der Waals surface area contributed by atoms with Crippen LogP contribution in [0.4, 0.5) is 18.9 Å². The molecule has 21 heavy (non-hydrogen) atoms. The van der Waals surface area contributed by atoms with E-state index in [1.54, 1.807) is 13.8 Å². The minimum atomic E-state index is -1.68. The maximum Gasteiger partial charge on any atom is 0.317 e. The van der Waals surface area contributed by atoms with Crippen LogP contribution in [0.5, 0.6) is 0 Å². The number of rotatable bonds is 6. The van der Waals surface area contributed by atoms with E-state index in [4.69, 9.17) is 5.11 Å². The molecule has 0 saturated carbocycles. The van der Waals surface area contributed by atoms with Gasteiger partial charge in [-0.25, -0.2) is 13.2 Å². The van der Waals surface area contributed by atoms with Crippen LogP contribution >= 0.6 is 0 Å². The SMILES string of the molecule is CC(C)N(CC(=O)O)CC(=O)Nc1ccc(F)c(F)c1F. The number of carboxylic acids is 1. The monoisotopic (exact) mass is 304 g/mol. The molecule has 0 aliphatic heterocycles. The summed E-state index contributed by atoms with van der Waals surface area (Å²) in [4.78, 5) is 23.7. The van der Waals surface area contributed by atoms with Gasteiger partial charge in [-0.2, -0.15) is 0 Å². The van der Waals surface area contributed by atoms with Gasteiger partial charge >= 0.3 is 5.97 Å². The van der Waals surface area contributed by atoms with Gasteiger partial charge in [0.1, 0.15) is 0 Å². The number of carboxylic acid groups (broad SMARTS) is 1. The first-order chi connectivity index (χ1) is 9.72. The number of benzene rings is 1. The minimum absolute atomic E-state index is 0.235. The zero-order valence-corrected chi connectivity index (χ0v) is 11.5. The average Bonchev–Trinajstić information content (AvgIpc) is 2.38. The Morgan fingerprint density at radius 3 is 2.33 bits per heavy atom. The first-order valence-electron chi connectivity index (χ1n) is 6.11. The van der Waals surface area contributed by atoms with Crippen molar-refractivity contribution in [3.8, 4) is 0 Å². The summed E-state index contributed by atoms with van der Waals surface area (Å²) in [6.45, 7) is 2.69. The highest BCUT2D eigenvalue weighted by molar-refractivity contribution is 5.92. The molecule has 0 aromatic heterocycles. The molecule has 0 aliphatic rings. The molecule has 2 N–H and O–H groups in total. The molecule has 0 heterocycles. The average molecular weight is 304 g/mol. The third-order valence-corrected chi connectivity index (χ3v) is 2.72. The number of nitrogens with one attached hydrogen (secondary N) is 1. The summed E-state index contributed by atoms with van der Waals surface area (Å²) >= 11 is 0. The molecule has 0 fully saturated rings. The van der Waals surface area contributed by atoms with Crippen LogP contribution in [0.3, 0.4) is 0 Å². The molecule has 1 aromatic rings. The van der Waals surface area contributed by atoms with Gasteiger partial charge in [0.15, 0.2) is 17.5 Å². The number of hydrogen-bond donors (Lipinski definition) is 2. The topological polar surface area (TPSA) is 69.6 Å². The van der Waals surface area contributed by atoms with E-state index in [-0.39, 0.29) is 19.1 Å². The Labute approximate surface area is 119 Å². The van der Waals surface area contributed by atoms with Crippen molar-refractivity contribution in [1.29, 1.82) is 0 Å². The first kappa shape index (κ1) is 17.0. The maximum atomic E-state index is 13.4. The molecule has 1 aromatic carbocycles. The van der Waals surface area contributed by atoms with Gasteiger partial charge in [0.05, 0.1) is 18.8 Å². The van der Waals surface area contributed by atoms with Crippen molar-refractivity contribution in [1.82, 2.24) is 4.90 Å². The zero-order valence-electron chi connectivity index (χ0n) is 11.5. The molecule has 0 saturated heterocycles. The number of carbonyl (C=O) groups excluding carboxylic acids is 1. The number of nitrogens with zero attached hydrogens (tertiary/aromatic N) is 1. The second kappa shape index (κ2) is 7.07. The van der Waals surface area contributed by atoms with E-state index in [0.29, 0.717) is 6.07 Å². The normalized spacial score (nSPS) is 11.0. The summed E-state index contributed by atoms with van der Waals surface area (Å²) in [5.74, 6) is -6.39. The molecule has 0 unspecified atom stereocenters. The van der Waals surface area contributed by atoms with Crippen LogP contribution in [0.15, 0.2) is 12.1 Å². The molecule has 5 nitrogen and oxygen atoms in total. The Morgan fingerprint density at radius 2 is 1.81 bits per heavy atom. The summed E-state index contributed by atoms with van der Waals surface area (Å²) < 4.78 is 39.2. The van der Waals surface area contributed by atoms with Crippen molar-refractivity contribution in [2.45, 2.75) is 19.9 Å². The maximum absolute atomic E-state index is 13.4. The minimum Gasteiger partial charge on any atom is -0.480 e. The van der Waals surface area contributed by atoms with Crippen LogP contribution in [0, 0.1) is 17.5 Å². The van der Waals surface area contributed by atoms with Crippen LogP contribution in [-0.4, -0.2) is 41.0 Å². The first-order valence-corrected chi connectivity index (χ1v) is 6.11. The van der Waals surface area contributed by atoms with E-state index in [9.17, 15) is 22.8 Å². The molecule has 116 valence electrons. The van der Waals surface area contributed by atoms with Gasteiger partial charge in [-0.15, -0.1) is 0 Å². The molecule has 0 radical (unpaired) electrons. The predicted octanol–water partition coefficient (Wildman–Crippen LogP) is 1.84.